The molecule has 0 fully saturated rings. The van der Waals surface area contributed by atoms with Crippen LogP contribution >= 0.6 is 15.9 Å². The molecule has 0 saturated heterocycles. The van der Waals surface area contributed by atoms with Gasteiger partial charge in [0.2, 0.25) is 0 Å². The molecule has 2 atom stereocenters. The number of nitrogens with one attached hydrogen (secondary N) is 1. The quantitative estimate of drug-likeness (QED) is 0.516. The zero-order chi connectivity index (χ0) is 20.9. The molecule has 2 unspecified atom stereocenters. The van der Waals surface area contributed by atoms with E-state index in [1.807, 2.05) is 0 Å². The van der Waals surface area contributed by atoms with Crippen LogP contribution in [-0.2, 0) is 6.42 Å². The number of alkyl halides is 2. The smallest absolute Gasteiger partial charge is 0.283 e. The van der Waals surface area contributed by atoms with Crippen molar-refractivity contribution >= 4 is 26.8 Å². The topological polar surface area (TPSA) is 39.3 Å². The van der Waals surface area contributed by atoms with E-state index >= 15 is 0 Å². The van der Waals surface area contributed by atoms with Gasteiger partial charge in [-0.1, -0.05) is 22.0 Å². The number of halogens is 5. The average molecular weight is 471 g/mol. The Balaban J connectivity index is 1.93. The Labute approximate surface area is 173 Å². The van der Waals surface area contributed by atoms with Crippen LogP contribution in [0.3, 0.4) is 0 Å². The first-order valence-corrected chi connectivity index (χ1v) is 9.99. The summed E-state index contributed by atoms with van der Waals surface area (Å²) in [6, 6.07) is 7.68. The first-order valence-electron chi connectivity index (χ1n) is 9.19. The van der Waals surface area contributed by atoms with E-state index in [4.69, 9.17) is 5.11 Å². The molecule has 1 aliphatic rings. The SMILES string of the molecule is CC1Cc2c([nH]c3cc(F)ccc23)C(c2ccc(Br)cc2F)N1CC(F)(F)CO. The summed E-state index contributed by atoms with van der Waals surface area (Å²) in [6.07, 6.45) is 0.442. The van der Waals surface area contributed by atoms with Crippen LogP contribution in [0, 0.1) is 11.6 Å². The summed E-state index contributed by atoms with van der Waals surface area (Å²) in [5.41, 5.74) is 2.21. The fourth-order valence-corrected chi connectivity index (χ4v) is 4.49. The third kappa shape index (κ3) is 3.69. The first kappa shape index (κ1) is 20.4. The maximum atomic E-state index is 14.9. The molecular weight excluding hydrogens is 452 g/mol. The van der Waals surface area contributed by atoms with E-state index in [1.54, 1.807) is 25.1 Å². The van der Waals surface area contributed by atoms with Gasteiger partial charge in [0, 0.05) is 32.7 Å². The summed E-state index contributed by atoms with van der Waals surface area (Å²) in [5, 5.41) is 9.89. The molecule has 0 saturated carbocycles. The lowest BCUT2D eigenvalue weighted by atomic mass is 9.88. The number of hydrogen-bond donors (Lipinski definition) is 2. The van der Waals surface area contributed by atoms with Crippen molar-refractivity contribution in [1.29, 1.82) is 0 Å². The Morgan fingerprint density at radius 1 is 1.21 bits per heavy atom. The predicted molar refractivity (Wildman–Crippen MR) is 106 cm³/mol. The highest BCUT2D eigenvalue weighted by molar-refractivity contribution is 9.10. The lowest BCUT2D eigenvalue weighted by Gasteiger charge is -2.42. The fraction of sp³-hybridized carbons (Fsp3) is 0.333. The number of aromatic nitrogens is 1. The minimum atomic E-state index is -3.34. The molecule has 0 amide bonds. The summed E-state index contributed by atoms with van der Waals surface area (Å²) in [7, 11) is 0. The Morgan fingerprint density at radius 2 is 1.97 bits per heavy atom. The maximum absolute atomic E-state index is 14.9. The lowest BCUT2D eigenvalue weighted by molar-refractivity contribution is -0.0866. The maximum Gasteiger partial charge on any atom is 0.283 e. The highest BCUT2D eigenvalue weighted by Crippen LogP contribution is 2.42. The van der Waals surface area contributed by atoms with Crippen molar-refractivity contribution in [3.63, 3.8) is 0 Å². The van der Waals surface area contributed by atoms with Crippen LogP contribution < -0.4 is 0 Å². The summed E-state index contributed by atoms with van der Waals surface area (Å²) in [4.78, 5) is 4.63. The number of aliphatic hydroxyl groups is 1. The summed E-state index contributed by atoms with van der Waals surface area (Å²) in [6.45, 7) is -0.229. The molecule has 0 spiro atoms. The molecule has 1 aromatic heterocycles. The highest BCUT2D eigenvalue weighted by atomic mass is 79.9. The minimum Gasteiger partial charge on any atom is -0.390 e. The van der Waals surface area contributed by atoms with Gasteiger partial charge >= 0.3 is 0 Å². The van der Waals surface area contributed by atoms with Gasteiger partial charge in [-0.2, -0.15) is 0 Å². The molecule has 1 aliphatic heterocycles. The molecule has 29 heavy (non-hydrogen) atoms. The van der Waals surface area contributed by atoms with Crippen molar-refractivity contribution < 1.29 is 22.7 Å². The number of H-pyrrole nitrogens is 1. The zero-order valence-corrected chi connectivity index (χ0v) is 17.1. The normalized spacial score (nSPS) is 20.2. The Hall–Kier alpha value is -1.90. The van der Waals surface area contributed by atoms with E-state index in [2.05, 4.69) is 20.9 Å². The van der Waals surface area contributed by atoms with Crippen molar-refractivity contribution in [2.45, 2.75) is 31.4 Å². The largest absolute Gasteiger partial charge is 0.390 e. The van der Waals surface area contributed by atoms with E-state index in [1.165, 1.54) is 23.1 Å². The molecule has 0 bridgehead atoms. The van der Waals surface area contributed by atoms with Crippen molar-refractivity contribution in [3.05, 3.63) is 69.3 Å². The third-order valence-electron chi connectivity index (χ3n) is 5.47. The Morgan fingerprint density at radius 3 is 2.66 bits per heavy atom. The highest BCUT2D eigenvalue weighted by Gasteiger charge is 2.42. The molecular formula is C21H19BrF4N2O. The van der Waals surface area contributed by atoms with Gasteiger partial charge in [-0.05, 0) is 49.2 Å². The van der Waals surface area contributed by atoms with E-state index in [0.29, 0.717) is 22.1 Å². The standard InChI is InChI=1S/C21H19BrF4N2O/c1-11-6-16-14-5-3-13(23)8-18(14)27-19(16)20(28(11)9-21(25,26)10-29)15-4-2-12(22)7-17(15)24/h2-5,7-8,11,20,27,29H,6,9-10H2,1H3. The predicted octanol–water partition coefficient (Wildman–Crippen LogP) is 5.17. The Bertz CT molecular complexity index is 1070. The first-order chi connectivity index (χ1) is 13.7. The molecule has 154 valence electrons. The molecule has 0 radical (unpaired) electrons. The molecule has 0 aliphatic carbocycles. The number of nitrogens with zero attached hydrogens (tertiary/aromatic N) is 1. The van der Waals surface area contributed by atoms with E-state index in [-0.39, 0.29) is 11.6 Å². The molecule has 4 rings (SSSR count). The molecule has 8 heteroatoms. The van der Waals surface area contributed by atoms with Crippen LogP contribution in [0.4, 0.5) is 17.6 Å². The van der Waals surface area contributed by atoms with Gasteiger partial charge in [0.1, 0.15) is 18.2 Å². The van der Waals surface area contributed by atoms with Crippen LogP contribution in [0.5, 0.6) is 0 Å². The van der Waals surface area contributed by atoms with Gasteiger partial charge in [0.05, 0.1) is 12.6 Å². The van der Waals surface area contributed by atoms with Crippen LogP contribution in [0.2, 0.25) is 0 Å². The summed E-state index contributed by atoms with van der Waals surface area (Å²) < 4.78 is 57.5. The fourth-order valence-electron chi connectivity index (χ4n) is 4.16. The number of hydrogen-bond acceptors (Lipinski definition) is 2. The van der Waals surface area contributed by atoms with Crippen molar-refractivity contribution in [2.24, 2.45) is 0 Å². The van der Waals surface area contributed by atoms with Gasteiger partial charge in [0.25, 0.3) is 5.92 Å². The molecule has 2 aromatic carbocycles. The average Bonchev–Trinajstić information content (AvgIpc) is 3.00. The van der Waals surface area contributed by atoms with Gasteiger partial charge in [-0.25, -0.2) is 17.6 Å². The second-order valence-electron chi connectivity index (χ2n) is 7.52. The van der Waals surface area contributed by atoms with Crippen LogP contribution in [-0.4, -0.2) is 40.1 Å². The second-order valence-corrected chi connectivity index (χ2v) is 8.43. The van der Waals surface area contributed by atoms with Crippen LogP contribution in [0.1, 0.15) is 29.8 Å². The molecule has 3 aromatic rings. The lowest BCUT2D eigenvalue weighted by Crippen LogP contribution is -2.49. The summed E-state index contributed by atoms with van der Waals surface area (Å²) in [5.74, 6) is -4.29. The van der Waals surface area contributed by atoms with Crippen molar-refractivity contribution in [1.82, 2.24) is 9.88 Å². The number of benzene rings is 2. The van der Waals surface area contributed by atoms with Crippen LogP contribution in [0.25, 0.3) is 10.9 Å². The zero-order valence-electron chi connectivity index (χ0n) is 15.5. The van der Waals surface area contributed by atoms with Crippen molar-refractivity contribution in [2.75, 3.05) is 13.2 Å². The number of rotatable bonds is 4. The Kier molecular flexibility index (Phi) is 5.21. The molecule has 2 N–H and O–H groups in total. The van der Waals surface area contributed by atoms with Gasteiger partial charge in [0.15, 0.2) is 0 Å². The van der Waals surface area contributed by atoms with E-state index in [9.17, 15) is 17.6 Å². The van der Waals surface area contributed by atoms with Gasteiger partial charge in [-0.15, -0.1) is 0 Å². The summed E-state index contributed by atoms with van der Waals surface area (Å²) >= 11 is 3.22. The van der Waals surface area contributed by atoms with E-state index in [0.717, 1.165) is 10.9 Å². The van der Waals surface area contributed by atoms with Crippen LogP contribution in [0.15, 0.2) is 40.9 Å². The van der Waals surface area contributed by atoms with Crippen molar-refractivity contribution in [3.8, 4) is 0 Å². The minimum absolute atomic E-state index is 0.238. The second kappa shape index (κ2) is 7.41. The molecule has 3 nitrogen and oxygen atoms in total. The third-order valence-corrected chi connectivity index (χ3v) is 5.97. The number of aromatic amines is 1. The number of fused-ring (bicyclic) bond motifs is 3. The van der Waals surface area contributed by atoms with Gasteiger partial charge in [-0.3, -0.25) is 4.90 Å². The van der Waals surface area contributed by atoms with Gasteiger partial charge < -0.3 is 10.1 Å². The monoisotopic (exact) mass is 470 g/mol. The molecule has 2 heterocycles. The number of aliphatic hydroxyl groups excluding tert-OH is 1. The van der Waals surface area contributed by atoms with E-state index < -0.39 is 36.8 Å².